The summed E-state index contributed by atoms with van der Waals surface area (Å²) in [5, 5.41) is 0.886. The van der Waals surface area contributed by atoms with Gasteiger partial charge in [0.05, 0.1) is 13.2 Å². The molecule has 0 fully saturated rings. The van der Waals surface area contributed by atoms with Crippen LogP contribution in [-0.2, 0) is 16.0 Å². The molecule has 26 heavy (non-hydrogen) atoms. The lowest BCUT2D eigenvalue weighted by Gasteiger charge is -2.10. The van der Waals surface area contributed by atoms with Crippen molar-refractivity contribution in [2.45, 2.75) is 39.0 Å². The molecule has 0 saturated heterocycles. The first-order valence-corrected chi connectivity index (χ1v) is 9.96. The number of carbonyl (C=O) groups is 1. The highest BCUT2D eigenvalue weighted by Crippen LogP contribution is 2.31. The highest BCUT2D eigenvalue weighted by molar-refractivity contribution is 7.73. The van der Waals surface area contributed by atoms with E-state index in [1.54, 1.807) is 0 Å². The standard InChI is InChI=1S/C20H23FO3S2/c1-3-8-15-16-13-14(9-10-17(16)26-20(25)19(15)21)23-11-6-5-7-12-24-18(22)4-2/h4,9-10,13H,2-3,5-8,11-12H2,1H3. The Hall–Kier alpha value is -1.79. The van der Waals surface area contributed by atoms with Crippen LogP contribution in [0, 0.1) is 9.64 Å². The summed E-state index contributed by atoms with van der Waals surface area (Å²) >= 11 is 6.43. The van der Waals surface area contributed by atoms with Crippen LogP contribution in [0.4, 0.5) is 4.39 Å². The molecular formula is C20H23FO3S2. The van der Waals surface area contributed by atoms with Crippen LogP contribution in [0.2, 0.25) is 0 Å². The molecule has 1 aromatic carbocycles. The van der Waals surface area contributed by atoms with Gasteiger partial charge in [0.15, 0.2) is 5.82 Å². The van der Waals surface area contributed by atoms with E-state index in [9.17, 15) is 9.18 Å². The third-order valence-electron chi connectivity index (χ3n) is 3.89. The second kappa shape index (κ2) is 10.4. The Balaban J connectivity index is 1.93. The van der Waals surface area contributed by atoms with Crippen molar-refractivity contribution in [1.29, 1.82) is 0 Å². The first-order valence-electron chi connectivity index (χ1n) is 8.74. The van der Waals surface area contributed by atoms with Crippen LogP contribution in [0.3, 0.4) is 0 Å². The van der Waals surface area contributed by atoms with Crippen LogP contribution in [0.25, 0.3) is 10.1 Å². The second-order valence-electron chi connectivity index (χ2n) is 5.87. The average Bonchev–Trinajstić information content (AvgIpc) is 2.64. The first-order chi connectivity index (χ1) is 12.6. The van der Waals surface area contributed by atoms with Gasteiger partial charge in [-0.2, -0.15) is 0 Å². The summed E-state index contributed by atoms with van der Waals surface area (Å²) in [4.78, 5) is 10.9. The smallest absolute Gasteiger partial charge is 0.330 e. The van der Waals surface area contributed by atoms with Crippen molar-refractivity contribution in [3.63, 3.8) is 0 Å². The molecule has 0 saturated carbocycles. The summed E-state index contributed by atoms with van der Waals surface area (Å²) in [5.74, 6) is 0.0676. The van der Waals surface area contributed by atoms with Gasteiger partial charge in [0.1, 0.15) is 9.57 Å². The molecule has 0 spiro atoms. The van der Waals surface area contributed by atoms with E-state index in [1.807, 2.05) is 25.1 Å². The molecule has 0 aliphatic rings. The van der Waals surface area contributed by atoms with E-state index in [1.165, 1.54) is 11.3 Å². The van der Waals surface area contributed by atoms with Crippen molar-refractivity contribution in [3.8, 4) is 5.75 Å². The van der Waals surface area contributed by atoms with E-state index in [2.05, 4.69) is 6.58 Å². The number of fused-ring (bicyclic) bond motifs is 1. The summed E-state index contributed by atoms with van der Waals surface area (Å²) in [7, 11) is 0. The molecule has 0 N–H and O–H groups in total. The average molecular weight is 395 g/mol. The monoisotopic (exact) mass is 394 g/mol. The summed E-state index contributed by atoms with van der Waals surface area (Å²) < 4.78 is 26.4. The largest absolute Gasteiger partial charge is 0.494 e. The second-order valence-corrected chi connectivity index (χ2v) is 7.59. The first kappa shape index (κ1) is 20.5. The minimum atomic E-state index is -0.393. The summed E-state index contributed by atoms with van der Waals surface area (Å²) in [6, 6.07) is 5.74. The lowest BCUT2D eigenvalue weighted by Crippen LogP contribution is -2.03. The molecule has 0 unspecified atom stereocenters. The van der Waals surface area contributed by atoms with Crippen molar-refractivity contribution in [2.24, 2.45) is 0 Å². The number of carbonyl (C=O) groups excluding carboxylic acids is 1. The zero-order chi connectivity index (χ0) is 18.9. The molecule has 140 valence electrons. The van der Waals surface area contributed by atoms with Gasteiger partial charge >= 0.3 is 5.97 Å². The molecule has 2 aromatic rings. The predicted molar refractivity (Wildman–Crippen MR) is 107 cm³/mol. The van der Waals surface area contributed by atoms with Gasteiger partial charge in [0.25, 0.3) is 0 Å². The van der Waals surface area contributed by atoms with E-state index < -0.39 is 5.97 Å². The third-order valence-corrected chi connectivity index (χ3v) is 5.26. The minimum absolute atomic E-state index is 0.273. The van der Waals surface area contributed by atoms with Gasteiger partial charge in [-0.15, -0.1) is 11.3 Å². The van der Waals surface area contributed by atoms with Gasteiger partial charge in [0.2, 0.25) is 0 Å². The van der Waals surface area contributed by atoms with Crippen LogP contribution in [0.1, 0.15) is 38.2 Å². The Labute approximate surface area is 162 Å². The van der Waals surface area contributed by atoms with E-state index in [0.29, 0.717) is 29.0 Å². The summed E-state index contributed by atoms with van der Waals surface area (Å²) in [6.45, 7) is 6.33. The molecule has 1 heterocycles. The Kier molecular flexibility index (Phi) is 8.19. The predicted octanol–water partition coefficient (Wildman–Crippen LogP) is 6.00. The molecule has 0 amide bonds. The molecule has 0 bridgehead atoms. The lowest BCUT2D eigenvalue weighted by molar-refractivity contribution is -0.137. The number of benzene rings is 1. The van der Waals surface area contributed by atoms with Crippen LogP contribution in [0.15, 0.2) is 30.9 Å². The summed E-state index contributed by atoms with van der Waals surface area (Å²) in [5.41, 5.74) is 0.681. The van der Waals surface area contributed by atoms with Crippen molar-refractivity contribution in [1.82, 2.24) is 0 Å². The number of hydrogen-bond acceptors (Lipinski definition) is 5. The van der Waals surface area contributed by atoms with Crippen LogP contribution < -0.4 is 4.74 Å². The van der Waals surface area contributed by atoms with Crippen LogP contribution >= 0.6 is 23.6 Å². The van der Waals surface area contributed by atoms with Gasteiger partial charge in [0, 0.05) is 16.2 Å². The Morgan fingerprint density at radius 2 is 2.08 bits per heavy atom. The van der Waals surface area contributed by atoms with Gasteiger partial charge in [-0.25, -0.2) is 9.18 Å². The maximum atomic E-state index is 14.4. The molecule has 0 aliphatic heterocycles. The normalized spacial score (nSPS) is 10.7. The SMILES string of the molecule is C=CC(=O)OCCCCCOc1ccc2sc(=S)c(F)c(CCC)c2c1. The zero-order valence-electron chi connectivity index (χ0n) is 14.9. The van der Waals surface area contributed by atoms with Gasteiger partial charge < -0.3 is 9.47 Å². The fraction of sp³-hybridized carbons (Fsp3) is 0.400. The van der Waals surface area contributed by atoms with Crippen molar-refractivity contribution in [2.75, 3.05) is 13.2 Å². The highest BCUT2D eigenvalue weighted by Gasteiger charge is 2.11. The molecule has 2 rings (SSSR count). The van der Waals surface area contributed by atoms with E-state index >= 15 is 0 Å². The van der Waals surface area contributed by atoms with Gasteiger partial charge in [-0.05, 0) is 49.4 Å². The fourth-order valence-electron chi connectivity index (χ4n) is 2.61. The molecule has 0 aliphatic carbocycles. The van der Waals surface area contributed by atoms with E-state index in [0.717, 1.165) is 47.6 Å². The molecule has 1 aromatic heterocycles. The van der Waals surface area contributed by atoms with Crippen molar-refractivity contribution >= 4 is 39.6 Å². The van der Waals surface area contributed by atoms with Crippen molar-refractivity contribution < 1.29 is 18.7 Å². The molecule has 6 heteroatoms. The van der Waals surface area contributed by atoms with E-state index in [-0.39, 0.29) is 5.82 Å². The van der Waals surface area contributed by atoms with E-state index in [4.69, 9.17) is 21.7 Å². The minimum Gasteiger partial charge on any atom is -0.494 e. The topological polar surface area (TPSA) is 35.5 Å². The van der Waals surface area contributed by atoms with Gasteiger partial charge in [-0.3, -0.25) is 0 Å². The van der Waals surface area contributed by atoms with Crippen LogP contribution in [0.5, 0.6) is 5.75 Å². The number of ether oxygens (including phenoxy) is 2. The molecule has 3 nitrogen and oxygen atoms in total. The number of esters is 1. The van der Waals surface area contributed by atoms with Gasteiger partial charge in [-0.1, -0.05) is 32.1 Å². The highest BCUT2D eigenvalue weighted by atomic mass is 32.1. The number of halogens is 1. The number of aryl methyl sites for hydroxylation is 1. The Bertz CT molecular complexity index is 830. The molecule has 0 atom stereocenters. The zero-order valence-corrected chi connectivity index (χ0v) is 16.5. The number of rotatable bonds is 10. The maximum absolute atomic E-state index is 14.4. The maximum Gasteiger partial charge on any atom is 0.330 e. The fourth-order valence-corrected chi connectivity index (χ4v) is 3.84. The lowest BCUT2D eigenvalue weighted by atomic mass is 10.1. The number of unbranched alkanes of at least 4 members (excludes halogenated alkanes) is 2. The quantitative estimate of drug-likeness (QED) is 0.214. The summed E-state index contributed by atoms with van der Waals surface area (Å²) in [6.07, 6.45) is 5.22. The molecular weight excluding hydrogens is 371 g/mol. The van der Waals surface area contributed by atoms with Crippen molar-refractivity contribution in [3.05, 3.63) is 46.1 Å². The molecule has 0 radical (unpaired) electrons. The number of hydrogen-bond donors (Lipinski definition) is 0. The van der Waals surface area contributed by atoms with Crippen LogP contribution in [-0.4, -0.2) is 19.2 Å². The Morgan fingerprint density at radius 1 is 1.31 bits per heavy atom. The Morgan fingerprint density at radius 3 is 2.81 bits per heavy atom. The third kappa shape index (κ3) is 5.61.